The van der Waals surface area contributed by atoms with Crippen molar-refractivity contribution in [3.8, 4) is 5.69 Å². The zero-order valence-corrected chi connectivity index (χ0v) is 23.3. The summed E-state index contributed by atoms with van der Waals surface area (Å²) in [6, 6.07) is 23.1. The van der Waals surface area contributed by atoms with E-state index < -0.39 is 5.97 Å². The Morgan fingerprint density at radius 2 is 1.72 bits per heavy atom. The summed E-state index contributed by atoms with van der Waals surface area (Å²) in [6.07, 6.45) is 1.87. The molecule has 2 heterocycles. The van der Waals surface area contributed by atoms with Crippen LogP contribution in [0.25, 0.3) is 11.8 Å². The van der Waals surface area contributed by atoms with Crippen LogP contribution >= 0.6 is 35.0 Å². The molecule has 1 saturated heterocycles. The number of aromatic nitrogens is 1. The number of carbonyl (C=O) groups is 2. The van der Waals surface area contributed by atoms with Gasteiger partial charge >= 0.3 is 0 Å². The Kier molecular flexibility index (Phi) is 7.66. The summed E-state index contributed by atoms with van der Waals surface area (Å²) < 4.78 is 2.03. The number of nitrogens with zero attached hydrogens (tertiary/aromatic N) is 3. The van der Waals surface area contributed by atoms with E-state index in [0.717, 1.165) is 33.9 Å². The van der Waals surface area contributed by atoms with Crippen LogP contribution in [-0.4, -0.2) is 26.5 Å². The number of rotatable bonds is 6. The van der Waals surface area contributed by atoms with E-state index in [1.807, 2.05) is 67.0 Å². The second kappa shape index (κ2) is 11.1. The average molecular weight is 575 g/mol. The maximum atomic E-state index is 13.7. The van der Waals surface area contributed by atoms with Crippen molar-refractivity contribution in [3.63, 3.8) is 0 Å². The normalized spacial score (nSPS) is 15.5. The molecule has 0 radical (unpaired) electrons. The first-order valence-electron chi connectivity index (χ1n) is 12.0. The van der Waals surface area contributed by atoms with Crippen LogP contribution in [0.4, 0.5) is 5.69 Å². The Balaban J connectivity index is 1.52. The number of aryl methyl sites for hydroxylation is 1. The van der Waals surface area contributed by atoms with Crippen LogP contribution in [0.5, 0.6) is 0 Å². The van der Waals surface area contributed by atoms with Crippen LogP contribution in [0.2, 0.25) is 10.0 Å². The van der Waals surface area contributed by atoms with Crippen LogP contribution in [0.1, 0.15) is 32.9 Å². The third-order valence-electron chi connectivity index (χ3n) is 6.31. The highest BCUT2D eigenvalue weighted by Gasteiger charge is 2.34. The molecule has 0 N–H and O–H groups in total. The Bertz CT molecular complexity index is 1640. The van der Waals surface area contributed by atoms with Gasteiger partial charge in [-0.25, -0.2) is 4.99 Å². The van der Waals surface area contributed by atoms with Gasteiger partial charge in [0, 0.05) is 16.4 Å². The number of aromatic carboxylic acids is 1. The third kappa shape index (κ3) is 5.66. The molecule has 39 heavy (non-hydrogen) atoms. The average Bonchev–Trinajstić information content (AvgIpc) is 3.34. The molecular weight excluding hydrogens is 553 g/mol. The van der Waals surface area contributed by atoms with Crippen molar-refractivity contribution in [1.29, 1.82) is 0 Å². The summed E-state index contributed by atoms with van der Waals surface area (Å²) >= 11 is 13.9. The van der Waals surface area contributed by atoms with Crippen molar-refractivity contribution in [2.45, 2.75) is 20.4 Å². The molecule has 1 aromatic heterocycles. The van der Waals surface area contributed by atoms with Gasteiger partial charge in [0.1, 0.15) is 0 Å². The minimum Gasteiger partial charge on any atom is -0.545 e. The van der Waals surface area contributed by atoms with Crippen molar-refractivity contribution < 1.29 is 14.7 Å². The fraction of sp³-hybridized carbons (Fsp3) is 0.100. The molecule has 0 atom stereocenters. The van der Waals surface area contributed by atoms with Gasteiger partial charge < -0.3 is 14.5 Å². The maximum Gasteiger partial charge on any atom is 0.267 e. The lowest BCUT2D eigenvalue weighted by Crippen LogP contribution is -2.28. The number of carbonyl (C=O) groups excluding carboxylic acids is 2. The first-order chi connectivity index (χ1) is 18.7. The predicted molar refractivity (Wildman–Crippen MR) is 156 cm³/mol. The number of halogens is 2. The van der Waals surface area contributed by atoms with E-state index in [0.29, 0.717) is 20.1 Å². The zero-order chi connectivity index (χ0) is 27.7. The van der Waals surface area contributed by atoms with Crippen LogP contribution in [0.3, 0.4) is 0 Å². The molecule has 5 rings (SSSR count). The fourth-order valence-corrected chi connectivity index (χ4v) is 5.86. The molecule has 1 amide bonds. The molecule has 1 aliphatic heterocycles. The van der Waals surface area contributed by atoms with Gasteiger partial charge in [-0.1, -0.05) is 65.7 Å². The minimum absolute atomic E-state index is 0.0794. The topological polar surface area (TPSA) is 77.7 Å². The van der Waals surface area contributed by atoms with Crippen molar-refractivity contribution in [3.05, 3.63) is 122 Å². The maximum absolute atomic E-state index is 13.7. The summed E-state index contributed by atoms with van der Waals surface area (Å²) in [6.45, 7) is 4.19. The molecule has 1 aliphatic rings. The van der Waals surface area contributed by atoms with E-state index in [9.17, 15) is 14.7 Å². The van der Waals surface area contributed by atoms with Gasteiger partial charge in [-0.2, -0.15) is 0 Å². The van der Waals surface area contributed by atoms with E-state index in [1.165, 1.54) is 23.9 Å². The number of thioether (sulfide) groups is 1. The molecule has 1 fully saturated rings. The van der Waals surface area contributed by atoms with Gasteiger partial charge in [-0.05, 0) is 84.8 Å². The quantitative estimate of drug-likeness (QED) is 0.244. The number of para-hydroxylation sites is 1. The number of aliphatic imine (C=N–C) groups is 1. The Hall–Kier alpha value is -3.78. The standard InChI is InChI=1S/C30H23Cl2N3O3S/c1-18-14-22(19(2)35(18)26-13-12-23(31)16-25(26)32)15-27-28(36)34(17-20-8-10-21(11-9-20)29(37)38)30(39-27)33-24-6-4-3-5-7-24/h3-16H,17H2,1-2H3,(H,37,38)/p-1. The van der Waals surface area contributed by atoms with Gasteiger partial charge in [-0.3, -0.25) is 9.69 Å². The highest BCUT2D eigenvalue weighted by atomic mass is 35.5. The molecule has 3 aromatic carbocycles. The number of amides is 1. The highest BCUT2D eigenvalue weighted by molar-refractivity contribution is 8.18. The second-order valence-corrected chi connectivity index (χ2v) is 10.8. The highest BCUT2D eigenvalue weighted by Crippen LogP contribution is 2.37. The molecule has 0 bridgehead atoms. The predicted octanol–water partition coefficient (Wildman–Crippen LogP) is 6.57. The Labute approximate surface area is 240 Å². The van der Waals surface area contributed by atoms with Gasteiger partial charge in [0.25, 0.3) is 5.91 Å². The lowest BCUT2D eigenvalue weighted by molar-refractivity contribution is -0.255. The fourth-order valence-electron chi connectivity index (χ4n) is 4.38. The van der Waals surface area contributed by atoms with Crippen molar-refractivity contribution in [2.24, 2.45) is 4.99 Å². The minimum atomic E-state index is -1.25. The van der Waals surface area contributed by atoms with Crippen molar-refractivity contribution >= 4 is 63.8 Å². The molecule has 0 spiro atoms. The molecule has 0 saturated carbocycles. The summed E-state index contributed by atoms with van der Waals surface area (Å²) in [4.78, 5) is 31.7. The Morgan fingerprint density at radius 1 is 1.00 bits per heavy atom. The zero-order valence-electron chi connectivity index (χ0n) is 21.0. The largest absolute Gasteiger partial charge is 0.545 e. The lowest BCUT2D eigenvalue weighted by atomic mass is 10.1. The first kappa shape index (κ1) is 26.8. The number of hydrogen-bond acceptors (Lipinski definition) is 5. The molecule has 0 aliphatic carbocycles. The second-order valence-electron chi connectivity index (χ2n) is 8.97. The van der Waals surface area contributed by atoms with Crippen LogP contribution in [-0.2, 0) is 11.3 Å². The number of benzene rings is 3. The molecule has 196 valence electrons. The molecule has 9 heteroatoms. The number of carboxylic acid groups (broad SMARTS) is 1. The number of amidine groups is 1. The van der Waals surface area contributed by atoms with Gasteiger partial charge in [-0.15, -0.1) is 0 Å². The van der Waals surface area contributed by atoms with Gasteiger partial charge in [0.05, 0.1) is 33.8 Å². The van der Waals surface area contributed by atoms with Gasteiger partial charge in [0.2, 0.25) is 0 Å². The first-order valence-corrected chi connectivity index (χ1v) is 13.6. The summed E-state index contributed by atoms with van der Waals surface area (Å²) in [5.41, 5.74) is 5.15. The monoisotopic (exact) mass is 574 g/mol. The summed E-state index contributed by atoms with van der Waals surface area (Å²) in [5.74, 6) is -1.43. The van der Waals surface area contributed by atoms with Crippen molar-refractivity contribution in [2.75, 3.05) is 0 Å². The number of carboxylic acids is 1. The van der Waals surface area contributed by atoms with E-state index >= 15 is 0 Å². The molecule has 4 aromatic rings. The Morgan fingerprint density at radius 3 is 2.38 bits per heavy atom. The molecule has 0 unspecified atom stereocenters. The van der Waals surface area contributed by atoms with Crippen LogP contribution in [0, 0.1) is 13.8 Å². The van der Waals surface area contributed by atoms with E-state index in [2.05, 4.69) is 0 Å². The summed E-state index contributed by atoms with van der Waals surface area (Å²) in [7, 11) is 0. The van der Waals surface area contributed by atoms with Crippen molar-refractivity contribution in [1.82, 2.24) is 9.47 Å². The van der Waals surface area contributed by atoms with Crippen LogP contribution < -0.4 is 5.11 Å². The SMILES string of the molecule is Cc1cc(C=C2SC(=Nc3ccccc3)N(Cc3ccc(C(=O)[O-])cc3)C2=O)c(C)n1-c1ccc(Cl)cc1Cl. The lowest BCUT2D eigenvalue weighted by Gasteiger charge is -2.16. The third-order valence-corrected chi connectivity index (χ3v) is 7.85. The van der Waals surface area contributed by atoms with E-state index in [4.69, 9.17) is 28.2 Å². The smallest absolute Gasteiger partial charge is 0.267 e. The van der Waals surface area contributed by atoms with Crippen LogP contribution in [0.15, 0.2) is 88.8 Å². The number of hydrogen-bond donors (Lipinski definition) is 0. The van der Waals surface area contributed by atoms with E-state index in [1.54, 1.807) is 29.2 Å². The van der Waals surface area contributed by atoms with Gasteiger partial charge in [0.15, 0.2) is 5.17 Å². The summed E-state index contributed by atoms with van der Waals surface area (Å²) in [5, 5.41) is 12.8. The molecule has 6 nitrogen and oxygen atoms in total. The molecular formula is C30H22Cl2N3O3S-. The van der Waals surface area contributed by atoms with E-state index in [-0.39, 0.29) is 18.0 Å².